The van der Waals surface area contributed by atoms with E-state index in [0.717, 1.165) is 29.7 Å². The molecular weight excluding hydrogens is 470 g/mol. The largest absolute Gasteiger partial charge is 0.350 e. The highest BCUT2D eigenvalue weighted by atomic mass is 32.1. The van der Waals surface area contributed by atoms with Gasteiger partial charge >= 0.3 is 0 Å². The van der Waals surface area contributed by atoms with Crippen LogP contribution in [0.25, 0.3) is 15.9 Å². The number of nitrogens with one attached hydrogen (secondary N) is 2. The van der Waals surface area contributed by atoms with Crippen molar-refractivity contribution in [3.63, 3.8) is 0 Å². The molecule has 2 N–H and O–H groups in total. The number of rotatable bonds is 7. The van der Waals surface area contributed by atoms with Crippen LogP contribution in [0.3, 0.4) is 0 Å². The van der Waals surface area contributed by atoms with Crippen LogP contribution in [0.2, 0.25) is 0 Å². The molecule has 0 aliphatic heterocycles. The molecule has 0 fully saturated rings. The number of aromatic nitrogens is 3. The zero-order valence-electron chi connectivity index (χ0n) is 20.4. The summed E-state index contributed by atoms with van der Waals surface area (Å²) >= 11 is 1.29. The van der Waals surface area contributed by atoms with Crippen LogP contribution in [0.4, 0.5) is 10.8 Å². The van der Waals surface area contributed by atoms with Crippen molar-refractivity contribution in [1.29, 1.82) is 0 Å². The van der Waals surface area contributed by atoms with E-state index in [1.54, 1.807) is 18.2 Å². The number of benzene rings is 3. The molecule has 5 aromatic rings. The summed E-state index contributed by atoms with van der Waals surface area (Å²) in [7, 11) is 0. The highest BCUT2D eigenvalue weighted by Crippen LogP contribution is 2.26. The molecule has 2 heterocycles. The van der Waals surface area contributed by atoms with Crippen molar-refractivity contribution in [3.05, 3.63) is 99.3 Å². The molecule has 3 aromatic carbocycles. The van der Waals surface area contributed by atoms with Crippen molar-refractivity contribution in [2.24, 2.45) is 0 Å². The van der Waals surface area contributed by atoms with E-state index >= 15 is 0 Å². The third kappa shape index (κ3) is 4.99. The molecule has 0 radical (unpaired) electrons. The molecule has 0 aliphatic carbocycles. The van der Waals surface area contributed by atoms with Gasteiger partial charge in [0.15, 0.2) is 0 Å². The van der Waals surface area contributed by atoms with Gasteiger partial charge in [0.2, 0.25) is 10.1 Å². The van der Waals surface area contributed by atoms with Gasteiger partial charge in [0.1, 0.15) is 0 Å². The maximum absolute atomic E-state index is 13.1. The van der Waals surface area contributed by atoms with Crippen molar-refractivity contribution in [2.45, 2.75) is 39.7 Å². The van der Waals surface area contributed by atoms with Gasteiger partial charge < -0.3 is 10.6 Å². The van der Waals surface area contributed by atoms with E-state index in [0.29, 0.717) is 26.6 Å². The quantitative estimate of drug-likeness (QED) is 0.314. The van der Waals surface area contributed by atoms with Crippen molar-refractivity contribution < 1.29 is 4.79 Å². The fraction of sp³-hybridized carbons (Fsp3) is 0.214. The van der Waals surface area contributed by atoms with Gasteiger partial charge in [-0.05, 0) is 74.6 Å². The van der Waals surface area contributed by atoms with E-state index in [2.05, 4.69) is 38.9 Å². The fourth-order valence-electron chi connectivity index (χ4n) is 4.09. The predicted molar refractivity (Wildman–Crippen MR) is 146 cm³/mol. The Labute approximate surface area is 212 Å². The van der Waals surface area contributed by atoms with Crippen molar-refractivity contribution in [2.75, 3.05) is 5.32 Å². The summed E-state index contributed by atoms with van der Waals surface area (Å²) in [6, 6.07) is 21.3. The van der Waals surface area contributed by atoms with Gasteiger partial charge in [-0.25, -0.2) is 4.98 Å². The monoisotopic (exact) mass is 497 g/mol. The normalized spacial score (nSPS) is 12.1. The second-order valence-electron chi connectivity index (χ2n) is 9.09. The Kier molecular flexibility index (Phi) is 6.52. The predicted octanol–water partition coefficient (Wildman–Crippen LogP) is 5.42. The first-order valence-corrected chi connectivity index (χ1v) is 12.7. The van der Waals surface area contributed by atoms with Gasteiger partial charge in [-0.1, -0.05) is 53.8 Å². The van der Waals surface area contributed by atoms with E-state index in [1.165, 1.54) is 21.4 Å². The molecular formula is C28H27N5O2S. The van der Waals surface area contributed by atoms with E-state index in [4.69, 9.17) is 0 Å². The Hall–Kier alpha value is -4.04. The van der Waals surface area contributed by atoms with Crippen molar-refractivity contribution in [1.82, 2.24) is 19.9 Å². The molecule has 5 rings (SSSR count). The number of hydrogen-bond donors (Lipinski definition) is 2. The van der Waals surface area contributed by atoms with E-state index in [-0.39, 0.29) is 17.5 Å². The first kappa shape index (κ1) is 23.7. The van der Waals surface area contributed by atoms with Gasteiger partial charge in [0.05, 0.1) is 10.9 Å². The van der Waals surface area contributed by atoms with Crippen molar-refractivity contribution in [3.8, 4) is 0 Å². The summed E-state index contributed by atoms with van der Waals surface area (Å²) in [5, 5.41) is 11.8. The molecule has 0 spiro atoms. The molecule has 0 saturated heterocycles. The van der Waals surface area contributed by atoms with Crippen LogP contribution in [0.5, 0.6) is 0 Å². The Morgan fingerprint density at radius 1 is 1.06 bits per heavy atom. The van der Waals surface area contributed by atoms with Gasteiger partial charge in [-0.15, -0.1) is 5.10 Å². The summed E-state index contributed by atoms with van der Waals surface area (Å²) in [5.74, 6) is -0.180. The second-order valence-corrected chi connectivity index (χ2v) is 10.0. The Bertz CT molecular complexity index is 1620. The molecule has 0 saturated carbocycles. The summed E-state index contributed by atoms with van der Waals surface area (Å²) < 4.78 is 1.31. The number of anilines is 2. The average Bonchev–Trinajstić information content (AvgIpc) is 3.28. The highest BCUT2D eigenvalue weighted by molar-refractivity contribution is 7.20. The standard InChI is InChI=1S/C28H27N5O2S/c1-17-9-10-18(2)23(15-17)30-27-32-33-26(35)22-14-13-21(16-24(22)31-28(33)36-27)25(34)29-19(3)11-12-20-7-5-4-6-8-20/h4-10,13-16,19H,11-12H2,1-3H3,(H,29,34)(H,30,32)/t19-/m0/s1. The summed E-state index contributed by atoms with van der Waals surface area (Å²) in [4.78, 5) is 31.1. The Morgan fingerprint density at radius 2 is 1.86 bits per heavy atom. The smallest absolute Gasteiger partial charge is 0.283 e. The molecule has 8 heteroatoms. The molecule has 7 nitrogen and oxygen atoms in total. The molecule has 1 atom stereocenters. The SMILES string of the molecule is Cc1ccc(C)c(Nc2nn3c(=O)c4ccc(C(=O)N[C@@H](C)CCc5ccccc5)cc4nc3s2)c1. The average molecular weight is 498 g/mol. The van der Waals surface area contributed by atoms with Crippen LogP contribution in [0.15, 0.2) is 71.5 Å². The van der Waals surface area contributed by atoms with E-state index in [9.17, 15) is 9.59 Å². The van der Waals surface area contributed by atoms with E-state index in [1.807, 2.05) is 51.1 Å². The number of aryl methyl sites for hydroxylation is 3. The number of nitrogens with zero attached hydrogens (tertiary/aromatic N) is 3. The second kappa shape index (κ2) is 9.91. The van der Waals surface area contributed by atoms with Crippen LogP contribution in [0, 0.1) is 13.8 Å². The topological polar surface area (TPSA) is 88.4 Å². The number of fused-ring (bicyclic) bond motifs is 2. The number of carbonyl (C=O) groups is 1. The highest BCUT2D eigenvalue weighted by Gasteiger charge is 2.15. The fourth-order valence-corrected chi connectivity index (χ4v) is 4.90. The lowest BCUT2D eigenvalue weighted by Gasteiger charge is -2.14. The lowest BCUT2D eigenvalue weighted by Crippen LogP contribution is -2.33. The molecule has 0 aliphatic rings. The maximum Gasteiger partial charge on any atom is 0.283 e. The van der Waals surface area contributed by atoms with Crippen LogP contribution in [-0.2, 0) is 6.42 Å². The molecule has 0 bridgehead atoms. The van der Waals surface area contributed by atoms with E-state index < -0.39 is 0 Å². The van der Waals surface area contributed by atoms with Crippen LogP contribution < -0.4 is 16.2 Å². The van der Waals surface area contributed by atoms with Crippen LogP contribution in [-0.4, -0.2) is 26.5 Å². The summed E-state index contributed by atoms with van der Waals surface area (Å²) in [6.45, 7) is 6.04. The Morgan fingerprint density at radius 3 is 2.67 bits per heavy atom. The van der Waals surface area contributed by atoms with Gasteiger partial charge in [0.25, 0.3) is 11.5 Å². The third-order valence-corrected chi connectivity index (χ3v) is 7.00. The minimum atomic E-state index is -0.261. The first-order chi connectivity index (χ1) is 17.4. The zero-order valence-corrected chi connectivity index (χ0v) is 21.2. The Balaban J connectivity index is 1.36. The molecule has 1 amide bonds. The van der Waals surface area contributed by atoms with Gasteiger partial charge in [-0.3, -0.25) is 9.59 Å². The minimum absolute atomic E-state index is 0.00896. The first-order valence-electron chi connectivity index (χ1n) is 11.9. The lowest BCUT2D eigenvalue weighted by atomic mass is 10.1. The number of amides is 1. The van der Waals surface area contributed by atoms with Gasteiger partial charge in [-0.2, -0.15) is 4.52 Å². The van der Waals surface area contributed by atoms with Gasteiger partial charge in [0, 0.05) is 17.3 Å². The molecule has 36 heavy (non-hydrogen) atoms. The summed E-state index contributed by atoms with van der Waals surface area (Å²) in [5.41, 5.74) is 5.09. The maximum atomic E-state index is 13.1. The number of carbonyl (C=O) groups excluding carboxylic acids is 1. The summed E-state index contributed by atoms with van der Waals surface area (Å²) in [6.07, 6.45) is 1.72. The molecule has 182 valence electrons. The van der Waals surface area contributed by atoms with Crippen LogP contribution >= 0.6 is 11.3 Å². The lowest BCUT2D eigenvalue weighted by molar-refractivity contribution is 0.0938. The zero-order chi connectivity index (χ0) is 25.2. The van der Waals surface area contributed by atoms with Crippen LogP contribution in [0.1, 0.15) is 40.4 Å². The van der Waals surface area contributed by atoms with Crippen molar-refractivity contribution >= 4 is 43.9 Å². The molecule has 0 unspecified atom stereocenters. The minimum Gasteiger partial charge on any atom is -0.350 e. The number of hydrogen-bond acceptors (Lipinski definition) is 6. The molecule has 2 aromatic heterocycles. The third-order valence-electron chi connectivity index (χ3n) is 6.18.